The Kier molecular flexibility index (Phi) is 5.74. The van der Waals surface area contributed by atoms with Crippen molar-refractivity contribution >= 4 is 11.9 Å². The molecule has 3 rings (SSSR count). The summed E-state index contributed by atoms with van der Waals surface area (Å²) in [6, 6.07) is 1.97. The summed E-state index contributed by atoms with van der Waals surface area (Å²) >= 11 is 0. The van der Waals surface area contributed by atoms with Crippen molar-refractivity contribution in [2.45, 2.75) is 65.9 Å². The zero-order valence-electron chi connectivity index (χ0n) is 17.6. The Morgan fingerprint density at radius 2 is 2.00 bits per heavy atom. The molecule has 0 N–H and O–H groups in total. The van der Waals surface area contributed by atoms with Crippen molar-refractivity contribution < 1.29 is 23.5 Å². The van der Waals surface area contributed by atoms with E-state index < -0.39 is 6.10 Å². The van der Waals surface area contributed by atoms with Crippen LogP contribution in [0.5, 0.6) is 0 Å². The first-order valence-electron chi connectivity index (χ1n) is 10.2. The van der Waals surface area contributed by atoms with Crippen LogP contribution in [-0.2, 0) is 25.5 Å². The largest absolute Gasteiger partial charge is 0.472 e. The van der Waals surface area contributed by atoms with Gasteiger partial charge in [-0.3, -0.25) is 4.79 Å². The Bertz CT molecular complexity index is 745. The second-order valence-electron chi connectivity index (χ2n) is 9.24. The molecule has 0 radical (unpaired) electrons. The topological polar surface area (TPSA) is 65.7 Å². The molecule has 2 aliphatic rings. The summed E-state index contributed by atoms with van der Waals surface area (Å²) in [5, 5.41) is 0. The summed E-state index contributed by atoms with van der Waals surface area (Å²) in [5.74, 6) is -0.435. The van der Waals surface area contributed by atoms with E-state index in [-0.39, 0.29) is 34.6 Å². The predicted octanol–water partition coefficient (Wildman–Crippen LogP) is 4.71. The number of ether oxygens (including phenoxy) is 2. The molecule has 4 atom stereocenters. The zero-order valence-corrected chi connectivity index (χ0v) is 17.6. The summed E-state index contributed by atoms with van der Waals surface area (Å²) < 4.78 is 16.1. The molecule has 154 valence electrons. The minimum Gasteiger partial charge on any atom is -0.472 e. The third-order valence-electron chi connectivity index (χ3n) is 6.96. The van der Waals surface area contributed by atoms with Crippen LogP contribution in [0.25, 0.3) is 0 Å². The Hall–Kier alpha value is -2.04. The fraction of sp³-hybridized carbons (Fsp3) is 0.652. The van der Waals surface area contributed by atoms with Gasteiger partial charge in [0.25, 0.3) is 0 Å². The van der Waals surface area contributed by atoms with Gasteiger partial charge in [-0.25, -0.2) is 4.79 Å². The number of hydrogen-bond acceptors (Lipinski definition) is 5. The lowest BCUT2D eigenvalue weighted by molar-refractivity contribution is -0.163. The van der Waals surface area contributed by atoms with Crippen molar-refractivity contribution in [3.63, 3.8) is 0 Å². The van der Waals surface area contributed by atoms with Crippen LogP contribution in [0.15, 0.2) is 34.7 Å². The fourth-order valence-corrected chi connectivity index (χ4v) is 5.94. The number of esters is 2. The molecule has 1 saturated carbocycles. The molecule has 0 saturated heterocycles. The molecular formula is C23H32O5. The van der Waals surface area contributed by atoms with E-state index in [4.69, 9.17) is 13.9 Å². The van der Waals surface area contributed by atoms with Gasteiger partial charge in [0, 0.05) is 18.4 Å². The molecule has 4 unspecified atom stereocenters. The maximum atomic E-state index is 12.7. The molecule has 28 heavy (non-hydrogen) atoms. The van der Waals surface area contributed by atoms with Crippen molar-refractivity contribution in [3.05, 3.63) is 35.8 Å². The van der Waals surface area contributed by atoms with E-state index >= 15 is 0 Å². The van der Waals surface area contributed by atoms with Crippen LogP contribution in [0.3, 0.4) is 0 Å². The van der Waals surface area contributed by atoms with Gasteiger partial charge in [-0.05, 0) is 60.1 Å². The first-order chi connectivity index (χ1) is 13.2. The summed E-state index contributed by atoms with van der Waals surface area (Å²) in [6.07, 6.45) is 9.75. The Labute approximate surface area is 167 Å². The van der Waals surface area contributed by atoms with E-state index in [9.17, 15) is 9.59 Å². The highest BCUT2D eigenvalue weighted by atomic mass is 16.5. The molecule has 1 fully saturated rings. The second kappa shape index (κ2) is 7.76. The number of carbonyl (C=O) groups is 2. The molecule has 0 bridgehead atoms. The third kappa shape index (κ3) is 3.76. The quantitative estimate of drug-likeness (QED) is 0.684. The van der Waals surface area contributed by atoms with E-state index in [0.29, 0.717) is 5.57 Å². The summed E-state index contributed by atoms with van der Waals surface area (Å²) in [7, 11) is 1.41. The van der Waals surface area contributed by atoms with E-state index in [1.807, 2.05) is 12.1 Å². The molecule has 2 aliphatic carbocycles. The zero-order chi connectivity index (χ0) is 20.5. The van der Waals surface area contributed by atoms with Crippen LogP contribution < -0.4 is 0 Å². The van der Waals surface area contributed by atoms with Gasteiger partial charge < -0.3 is 13.9 Å². The summed E-state index contributed by atoms with van der Waals surface area (Å²) in [6.45, 7) is 8.22. The highest BCUT2D eigenvalue weighted by Gasteiger charge is 2.57. The normalized spacial score (nSPS) is 31.5. The summed E-state index contributed by atoms with van der Waals surface area (Å²) in [4.78, 5) is 24.5. The number of carbonyl (C=O) groups excluding carboxylic acids is 2. The Morgan fingerprint density at radius 3 is 2.61 bits per heavy atom. The fourth-order valence-electron chi connectivity index (χ4n) is 5.94. The first kappa shape index (κ1) is 20.7. The number of hydrogen-bond donors (Lipinski definition) is 0. The number of furan rings is 1. The molecule has 1 heterocycles. The molecular weight excluding hydrogens is 356 g/mol. The average Bonchev–Trinajstić information content (AvgIpc) is 3.11. The maximum absolute atomic E-state index is 12.7. The van der Waals surface area contributed by atoms with Gasteiger partial charge in [0.1, 0.15) is 6.10 Å². The van der Waals surface area contributed by atoms with E-state index in [0.717, 1.165) is 37.7 Å². The second-order valence-corrected chi connectivity index (χ2v) is 9.24. The van der Waals surface area contributed by atoms with Crippen molar-refractivity contribution in [1.82, 2.24) is 0 Å². The van der Waals surface area contributed by atoms with Gasteiger partial charge in [-0.15, -0.1) is 0 Å². The molecule has 5 heteroatoms. The van der Waals surface area contributed by atoms with E-state index in [1.165, 1.54) is 14.0 Å². The van der Waals surface area contributed by atoms with Crippen molar-refractivity contribution in [3.8, 4) is 0 Å². The van der Waals surface area contributed by atoms with Crippen LogP contribution in [0.2, 0.25) is 0 Å². The van der Waals surface area contributed by atoms with Gasteiger partial charge in [0.05, 0.1) is 19.6 Å². The Morgan fingerprint density at radius 1 is 1.25 bits per heavy atom. The lowest BCUT2D eigenvalue weighted by Crippen LogP contribution is -2.56. The van der Waals surface area contributed by atoms with Crippen LogP contribution >= 0.6 is 0 Å². The predicted molar refractivity (Wildman–Crippen MR) is 105 cm³/mol. The van der Waals surface area contributed by atoms with Crippen molar-refractivity contribution in [2.24, 2.45) is 22.7 Å². The van der Waals surface area contributed by atoms with Gasteiger partial charge in [-0.2, -0.15) is 0 Å². The molecule has 0 aromatic carbocycles. The average molecular weight is 389 g/mol. The molecule has 1 aromatic heterocycles. The van der Waals surface area contributed by atoms with Gasteiger partial charge in [0.15, 0.2) is 0 Å². The van der Waals surface area contributed by atoms with Gasteiger partial charge in [0.2, 0.25) is 0 Å². The van der Waals surface area contributed by atoms with E-state index in [2.05, 4.69) is 20.8 Å². The van der Waals surface area contributed by atoms with Crippen LogP contribution in [0.1, 0.15) is 58.9 Å². The monoisotopic (exact) mass is 388 g/mol. The van der Waals surface area contributed by atoms with Crippen molar-refractivity contribution in [2.75, 3.05) is 7.11 Å². The highest BCUT2D eigenvalue weighted by molar-refractivity contribution is 5.89. The molecule has 0 spiro atoms. The smallest absolute Gasteiger partial charge is 0.333 e. The lowest BCUT2D eigenvalue weighted by Gasteiger charge is -2.58. The van der Waals surface area contributed by atoms with Crippen LogP contribution in [0.4, 0.5) is 0 Å². The number of rotatable bonds is 5. The minimum absolute atomic E-state index is 0.0131. The van der Waals surface area contributed by atoms with Gasteiger partial charge >= 0.3 is 11.9 Å². The van der Waals surface area contributed by atoms with Gasteiger partial charge in [-0.1, -0.05) is 27.2 Å². The summed E-state index contributed by atoms with van der Waals surface area (Å²) in [5.41, 5.74) is 1.64. The number of fused-ring (bicyclic) bond motifs is 1. The molecule has 1 aromatic rings. The van der Waals surface area contributed by atoms with Crippen LogP contribution in [-0.4, -0.2) is 25.2 Å². The molecule has 0 amide bonds. The standard InChI is InChI=1S/C23H32O5/c1-15(24)28-19-13-17(21(25)26-5)18(8-7-16-9-12-27-14-16)23(4)11-6-10-22(2,3)20(19)23/h9,12-14,18-20H,6-8,10-11H2,1-5H3. The molecule has 5 nitrogen and oxygen atoms in total. The van der Waals surface area contributed by atoms with Crippen molar-refractivity contribution in [1.29, 1.82) is 0 Å². The third-order valence-corrected chi connectivity index (χ3v) is 6.96. The highest BCUT2D eigenvalue weighted by Crippen LogP contribution is 2.61. The maximum Gasteiger partial charge on any atom is 0.333 e. The number of aryl methyl sites for hydroxylation is 1. The molecule has 0 aliphatic heterocycles. The van der Waals surface area contributed by atoms with E-state index in [1.54, 1.807) is 12.5 Å². The SMILES string of the molecule is COC(=O)C1=CC(OC(C)=O)C2C(C)(C)CCCC2(C)C1CCc1ccoc1. The number of methoxy groups -OCH3 is 1. The lowest BCUT2D eigenvalue weighted by atomic mass is 9.47. The Balaban J connectivity index is 2.05. The first-order valence-corrected chi connectivity index (χ1v) is 10.2. The van der Waals surface area contributed by atoms with Crippen LogP contribution in [0, 0.1) is 22.7 Å². The minimum atomic E-state index is -0.405.